The summed E-state index contributed by atoms with van der Waals surface area (Å²) >= 11 is 0. The Morgan fingerprint density at radius 2 is 1.59 bits per heavy atom. The van der Waals surface area contributed by atoms with E-state index in [0.717, 1.165) is 31.5 Å². The van der Waals surface area contributed by atoms with E-state index < -0.39 is 6.09 Å². The van der Waals surface area contributed by atoms with Crippen molar-refractivity contribution >= 4 is 23.4 Å². The molecule has 3 aromatic rings. The maximum atomic E-state index is 12.8. The van der Waals surface area contributed by atoms with Crippen LogP contribution in [-0.2, 0) is 16.1 Å². The number of piperidine rings is 1. The Morgan fingerprint density at radius 3 is 2.26 bits per heavy atom. The molecule has 0 radical (unpaired) electrons. The number of hydrogen-bond acceptors (Lipinski definition) is 5. The molecule has 1 aliphatic heterocycles. The second-order valence-corrected chi connectivity index (χ2v) is 8.40. The van der Waals surface area contributed by atoms with Gasteiger partial charge in [-0.2, -0.15) is 0 Å². The van der Waals surface area contributed by atoms with Gasteiger partial charge in [-0.25, -0.2) is 4.79 Å². The van der Waals surface area contributed by atoms with Crippen molar-refractivity contribution in [3.05, 3.63) is 90.8 Å². The number of anilines is 2. The topological polar surface area (TPSA) is 74.8 Å². The number of hydrogen-bond donors (Lipinski definition) is 1. The summed E-state index contributed by atoms with van der Waals surface area (Å²) in [5, 5.41) is 3.02. The predicted molar refractivity (Wildman–Crippen MR) is 133 cm³/mol. The summed E-state index contributed by atoms with van der Waals surface area (Å²) in [6.45, 7) is 2.57. The van der Waals surface area contributed by atoms with Crippen molar-refractivity contribution in [2.75, 3.05) is 36.0 Å². The number of aromatic nitrogens is 1. The molecule has 0 spiro atoms. The lowest BCUT2D eigenvalue weighted by Gasteiger charge is -2.33. The Kier molecular flexibility index (Phi) is 8.11. The van der Waals surface area contributed by atoms with Crippen LogP contribution in [0.1, 0.15) is 18.4 Å². The molecule has 0 bridgehead atoms. The quantitative estimate of drug-likeness (QED) is 0.546. The van der Waals surface area contributed by atoms with Crippen molar-refractivity contribution in [1.82, 2.24) is 10.3 Å². The molecule has 7 nitrogen and oxygen atoms in total. The van der Waals surface area contributed by atoms with Crippen molar-refractivity contribution in [3.8, 4) is 0 Å². The number of para-hydroxylation sites is 1. The van der Waals surface area contributed by atoms with Crippen LogP contribution in [0, 0.1) is 5.92 Å². The molecule has 0 atom stereocenters. The number of nitrogens with zero attached hydrogens (tertiary/aromatic N) is 3. The van der Waals surface area contributed by atoms with Crippen LogP contribution in [0.3, 0.4) is 0 Å². The average molecular weight is 459 g/mol. The summed E-state index contributed by atoms with van der Waals surface area (Å²) in [6, 6.07) is 22.7. The predicted octanol–water partition coefficient (Wildman–Crippen LogP) is 4.26. The Hall–Kier alpha value is -3.87. The van der Waals surface area contributed by atoms with Gasteiger partial charge in [0.15, 0.2) is 0 Å². The first-order chi connectivity index (χ1) is 16.7. The van der Waals surface area contributed by atoms with E-state index in [2.05, 4.69) is 15.2 Å². The highest BCUT2D eigenvalue weighted by Gasteiger charge is 2.23. The molecule has 176 valence electrons. The zero-order valence-corrected chi connectivity index (χ0v) is 19.2. The number of carbonyl (C=O) groups is 2. The zero-order valence-electron chi connectivity index (χ0n) is 19.2. The lowest BCUT2D eigenvalue weighted by atomic mass is 9.96. The smallest absolute Gasteiger partial charge is 0.415 e. The standard InChI is InChI=1S/C27H30N4O3/c32-26(29-19-22-13-17-30(18-14-22)24-11-15-28-16-12-24)20-31(25-9-5-2-6-10-25)27(33)34-21-23-7-3-1-4-8-23/h1-12,15-16,22H,13-14,17-21H2,(H,29,32). The van der Waals surface area contributed by atoms with E-state index in [9.17, 15) is 9.59 Å². The molecule has 2 heterocycles. The number of rotatable bonds is 8. The fraction of sp³-hybridized carbons (Fsp3) is 0.296. The molecule has 1 aromatic heterocycles. The van der Waals surface area contributed by atoms with Gasteiger partial charge < -0.3 is 15.0 Å². The van der Waals surface area contributed by atoms with Crippen LogP contribution in [0.5, 0.6) is 0 Å². The van der Waals surface area contributed by atoms with E-state index in [-0.39, 0.29) is 19.1 Å². The lowest BCUT2D eigenvalue weighted by Crippen LogP contribution is -2.44. The molecule has 0 aliphatic carbocycles. The summed E-state index contributed by atoms with van der Waals surface area (Å²) in [4.78, 5) is 33.4. The van der Waals surface area contributed by atoms with Crippen LogP contribution in [0.15, 0.2) is 85.2 Å². The fourth-order valence-electron chi connectivity index (χ4n) is 4.07. The third kappa shape index (κ3) is 6.57. The van der Waals surface area contributed by atoms with Gasteiger partial charge in [0, 0.05) is 43.4 Å². The first-order valence-corrected chi connectivity index (χ1v) is 11.6. The second-order valence-electron chi connectivity index (χ2n) is 8.40. The Bertz CT molecular complexity index is 1040. The van der Waals surface area contributed by atoms with E-state index in [4.69, 9.17) is 4.74 Å². The molecule has 1 saturated heterocycles. The summed E-state index contributed by atoms with van der Waals surface area (Å²) in [5.74, 6) is 0.217. The fourth-order valence-corrected chi connectivity index (χ4v) is 4.07. The van der Waals surface area contributed by atoms with Crippen LogP contribution in [0.4, 0.5) is 16.2 Å². The molecule has 2 amide bonds. The van der Waals surface area contributed by atoms with Gasteiger partial charge in [0.05, 0.1) is 0 Å². The van der Waals surface area contributed by atoms with E-state index in [1.54, 1.807) is 12.1 Å². The number of carbonyl (C=O) groups excluding carboxylic acids is 2. The maximum absolute atomic E-state index is 12.8. The van der Waals surface area contributed by atoms with Crippen LogP contribution in [-0.4, -0.2) is 43.2 Å². The number of nitrogens with one attached hydrogen (secondary N) is 1. The molecule has 0 saturated carbocycles. The first-order valence-electron chi connectivity index (χ1n) is 11.6. The van der Waals surface area contributed by atoms with E-state index in [1.807, 2.05) is 73.1 Å². The molecular formula is C27H30N4O3. The lowest BCUT2D eigenvalue weighted by molar-refractivity contribution is -0.120. The normalized spacial score (nSPS) is 13.8. The molecule has 1 aliphatic rings. The molecule has 34 heavy (non-hydrogen) atoms. The number of ether oxygens (including phenoxy) is 1. The molecular weight excluding hydrogens is 428 g/mol. The third-order valence-corrected chi connectivity index (χ3v) is 6.03. The minimum absolute atomic E-state index is 0.0898. The van der Waals surface area contributed by atoms with Gasteiger partial charge in [-0.1, -0.05) is 48.5 Å². The Labute approximate surface area is 200 Å². The molecule has 1 fully saturated rings. The highest BCUT2D eigenvalue weighted by Crippen LogP contribution is 2.22. The summed E-state index contributed by atoms with van der Waals surface area (Å²) in [7, 11) is 0. The molecule has 1 N–H and O–H groups in total. The highest BCUT2D eigenvalue weighted by molar-refractivity contribution is 5.94. The second kappa shape index (κ2) is 11.8. The largest absolute Gasteiger partial charge is 0.444 e. The molecule has 7 heteroatoms. The highest BCUT2D eigenvalue weighted by atomic mass is 16.6. The first kappa shape index (κ1) is 23.3. The van der Waals surface area contributed by atoms with Crippen LogP contribution in [0.25, 0.3) is 0 Å². The zero-order chi connectivity index (χ0) is 23.6. The van der Waals surface area contributed by atoms with Crippen molar-refractivity contribution in [1.29, 1.82) is 0 Å². The summed E-state index contributed by atoms with van der Waals surface area (Å²) < 4.78 is 5.49. The maximum Gasteiger partial charge on any atom is 0.415 e. The molecule has 0 unspecified atom stereocenters. The Morgan fingerprint density at radius 1 is 0.941 bits per heavy atom. The minimum atomic E-state index is -0.545. The van der Waals surface area contributed by atoms with Crippen LogP contribution < -0.4 is 15.1 Å². The van der Waals surface area contributed by atoms with Gasteiger partial charge in [0.25, 0.3) is 0 Å². The van der Waals surface area contributed by atoms with Gasteiger partial charge in [0.2, 0.25) is 5.91 Å². The van der Waals surface area contributed by atoms with E-state index >= 15 is 0 Å². The Balaban J connectivity index is 1.28. The number of amides is 2. The third-order valence-electron chi connectivity index (χ3n) is 6.03. The van der Waals surface area contributed by atoms with Gasteiger partial charge in [-0.05, 0) is 48.6 Å². The molecule has 2 aromatic carbocycles. The van der Waals surface area contributed by atoms with E-state index in [0.29, 0.717) is 18.2 Å². The van der Waals surface area contributed by atoms with Crippen molar-refractivity contribution in [3.63, 3.8) is 0 Å². The average Bonchev–Trinajstić information content (AvgIpc) is 2.91. The summed E-state index contributed by atoms with van der Waals surface area (Å²) in [6.07, 6.45) is 5.08. The van der Waals surface area contributed by atoms with Crippen LogP contribution in [0.2, 0.25) is 0 Å². The summed E-state index contributed by atoms with van der Waals surface area (Å²) in [5.41, 5.74) is 2.71. The molecule has 4 rings (SSSR count). The van der Waals surface area contributed by atoms with Gasteiger partial charge in [0.1, 0.15) is 13.2 Å². The van der Waals surface area contributed by atoms with Gasteiger partial charge >= 0.3 is 6.09 Å². The van der Waals surface area contributed by atoms with Crippen molar-refractivity contribution in [2.45, 2.75) is 19.4 Å². The monoisotopic (exact) mass is 458 g/mol. The van der Waals surface area contributed by atoms with E-state index in [1.165, 1.54) is 10.6 Å². The van der Waals surface area contributed by atoms with Gasteiger partial charge in [-0.15, -0.1) is 0 Å². The van der Waals surface area contributed by atoms with Crippen molar-refractivity contribution in [2.24, 2.45) is 5.92 Å². The minimum Gasteiger partial charge on any atom is -0.444 e. The van der Waals surface area contributed by atoms with Crippen LogP contribution >= 0.6 is 0 Å². The van der Waals surface area contributed by atoms with Crippen molar-refractivity contribution < 1.29 is 14.3 Å². The number of benzene rings is 2. The van der Waals surface area contributed by atoms with Gasteiger partial charge in [-0.3, -0.25) is 14.7 Å². The SMILES string of the molecule is O=C(CN(C(=O)OCc1ccccc1)c1ccccc1)NCC1CCN(c2ccncc2)CC1. The number of pyridine rings is 1.